The highest BCUT2D eigenvalue weighted by molar-refractivity contribution is 6.30. The predicted octanol–water partition coefficient (Wildman–Crippen LogP) is 4.96. The second kappa shape index (κ2) is 5.65. The first-order valence-electron chi connectivity index (χ1n) is 7.42. The Balaban J connectivity index is 2.03. The maximum absolute atomic E-state index is 13.9. The second-order valence-corrected chi connectivity index (χ2v) is 7.85. The molecule has 0 aromatic heterocycles. The molecule has 1 fully saturated rings. The maximum atomic E-state index is 13.9. The van der Waals surface area contributed by atoms with Crippen LogP contribution in [-0.4, -0.2) is 5.54 Å². The van der Waals surface area contributed by atoms with Crippen LogP contribution < -0.4 is 5.73 Å². The van der Waals surface area contributed by atoms with Gasteiger partial charge in [-0.2, -0.15) is 0 Å². The van der Waals surface area contributed by atoms with E-state index in [1.165, 1.54) is 6.07 Å². The molecule has 112 valence electrons. The summed E-state index contributed by atoms with van der Waals surface area (Å²) in [7, 11) is 0. The second-order valence-electron chi connectivity index (χ2n) is 7.42. The van der Waals surface area contributed by atoms with E-state index in [1.54, 1.807) is 12.1 Å². The highest BCUT2D eigenvalue weighted by Gasteiger charge is 2.36. The topological polar surface area (TPSA) is 26.0 Å². The van der Waals surface area contributed by atoms with Crippen LogP contribution in [-0.2, 0) is 6.42 Å². The van der Waals surface area contributed by atoms with E-state index in [1.807, 2.05) is 0 Å². The van der Waals surface area contributed by atoms with Crippen LogP contribution in [0, 0.1) is 17.2 Å². The molecule has 0 spiro atoms. The molecule has 0 aliphatic heterocycles. The van der Waals surface area contributed by atoms with Crippen LogP contribution in [0.2, 0.25) is 5.02 Å². The van der Waals surface area contributed by atoms with Crippen LogP contribution >= 0.6 is 11.6 Å². The Labute approximate surface area is 126 Å². The van der Waals surface area contributed by atoms with Gasteiger partial charge in [-0.05, 0) is 61.1 Å². The maximum Gasteiger partial charge on any atom is 0.127 e. The summed E-state index contributed by atoms with van der Waals surface area (Å²) >= 11 is 5.79. The standard InChI is InChI=1S/C17H25ClFN/c1-16(2,3)13-6-8-17(20,9-7-13)11-12-4-5-14(18)10-15(12)19/h4-5,10,13H,6-9,11,20H2,1-3H3. The number of nitrogens with two attached hydrogens (primary N) is 1. The monoisotopic (exact) mass is 297 g/mol. The van der Waals surface area contributed by atoms with Gasteiger partial charge in [-0.3, -0.25) is 0 Å². The minimum absolute atomic E-state index is 0.236. The van der Waals surface area contributed by atoms with Crippen LogP contribution in [0.25, 0.3) is 0 Å². The summed E-state index contributed by atoms with van der Waals surface area (Å²) in [5.41, 5.74) is 7.26. The van der Waals surface area contributed by atoms with E-state index in [0.717, 1.165) is 25.7 Å². The fourth-order valence-electron chi connectivity index (χ4n) is 3.28. The van der Waals surface area contributed by atoms with Crippen molar-refractivity contribution in [3.63, 3.8) is 0 Å². The molecular formula is C17H25ClFN. The van der Waals surface area contributed by atoms with E-state index in [2.05, 4.69) is 20.8 Å². The smallest absolute Gasteiger partial charge is 0.127 e. The van der Waals surface area contributed by atoms with Gasteiger partial charge < -0.3 is 5.73 Å². The van der Waals surface area contributed by atoms with E-state index >= 15 is 0 Å². The summed E-state index contributed by atoms with van der Waals surface area (Å²) in [5.74, 6) is 0.481. The number of hydrogen-bond donors (Lipinski definition) is 1. The Morgan fingerprint density at radius 2 is 1.90 bits per heavy atom. The third-order valence-electron chi connectivity index (χ3n) is 4.76. The lowest BCUT2D eigenvalue weighted by molar-refractivity contribution is 0.133. The molecule has 0 atom stereocenters. The van der Waals surface area contributed by atoms with E-state index in [9.17, 15) is 4.39 Å². The average Bonchev–Trinajstić information content (AvgIpc) is 2.32. The first-order chi connectivity index (χ1) is 9.20. The summed E-state index contributed by atoms with van der Waals surface area (Å²) in [6, 6.07) is 4.88. The highest BCUT2D eigenvalue weighted by Crippen LogP contribution is 2.41. The van der Waals surface area contributed by atoms with Gasteiger partial charge in [0.15, 0.2) is 0 Å². The Bertz CT molecular complexity index is 470. The molecule has 0 saturated heterocycles. The van der Waals surface area contributed by atoms with Crippen molar-refractivity contribution in [2.45, 2.75) is 58.4 Å². The number of benzene rings is 1. The van der Waals surface area contributed by atoms with Crippen molar-refractivity contribution >= 4 is 11.6 Å². The Morgan fingerprint density at radius 3 is 2.40 bits per heavy atom. The van der Waals surface area contributed by atoms with Crippen LogP contribution in [0.3, 0.4) is 0 Å². The minimum Gasteiger partial charge on any atom is -0.325 e. The Morgan fingerprint density at radius 1 is 1.30 bits per heavy atom. The lowest BCUT2D eigenvalue weighted by Crippen LogP contribution is -2.46. The molecule has 3 heteroatoms. The Kier molecular flexibility index (Phi) is 4.46. The first-order valence-corrected chi connectivity index (χ1v) is 7.80. The molecule has 0 unspecified atom stereocenters. The van der Waals surface area contributed by atoms with Crippen LogP contribution in [0.1, 0.15) is 52.0 Å². The highest BCUT2D eigenvalue weighted by atomic mass is 35.5. The quantitative estimate of drug-likeness (QED) is 0.820. The molecule has 2 rings (SSSR count). The van der Waals surface area contributed by atoms with E-state index in [4.69, 9.17) is 17.3 Å². The summed E-state index contributed by atoms with van der Waals surface area (Å²) < 4.78 is 13.9. The lowest BCUT2D eigenvalue weighted by atomic mass is 9.66. The zero-order valence-corrected chi connectivity index (χ0v) is 13.4. The zero-order valence-electron chi connectivity index (χ0n) is 12.7. The van der Waals surface area contributed by atoms with Gasteiger partial charge in [-0.15, -0.1) is 0 Å². The Hall–Kier alpha value is -0.600. The number of hydrogen-bond acceptors (Lipinski definition) is 1. The fourth-order valence-corrected chi connectivity index (χ4v) is 3.44. The largest absolute Gasteiger partial charge is 0.325 e. The van der Waals surface area contributed by atoms with Gasteiger partial charge >= 0.3 is 0 Å². The normalized spacial score (nSPS) is 27.6. The number of rotatable bonds is 2. The molecule has 0 amide bonds. The molecule has 2 N–H and O–H groups in total. The van der Waals surface area contributed by atoms with Gasteiger partial charge in [0.2, 0.25) is 0 Å². The van der Waals surface area contributed by atoms with Gasteiger partial charge in [0, 0.05) is 10.6 Å². The van der Waals surface area contributed by atoms with E-state index in [0.29, 0.717) is 28.3 Å². The van der Waals surface area contributed by atoms with Crippen molar-refractivity contribution < 1.29 is 4.39 Å². The van der Waals surface area contributed by atoms with Gasteiger partial charge in [-0.1, -0.05) is 38.4 Å². The third-order valence-corrected chi connectivity index (χ3v) is 5.00. The summed E-state index contributed by atoms with van der Waals surface area (Å²) in [4.78, 5) is 0. The fraction of sp³-hybridized carbons (Fsp3) is 0.647. The van der Waals surface area contributed by atoms with Crippen LogP contribution in [0.4, 0.5) is 4.39 Å². The third kappa shape index (κ3) is 3.73. The molecule has 1 aromatic carbocycles. The molecular weight excluding hydrogens is 273 g/mol. The zero-order chi connectivity index (χ0) is 15.0. The van der Waals surface area contributed by atoms with E-state index < -0.39 is 0 Å². The van der Waals surface area contributed by atoms with Gasteiger partial charge in [0.1, 0.15) is 5.82 Å². The molecule has 1 aliphatic rings. The summed E-state index contributed by atoms with van der Waals surface area (Å²) in [5, 5.41) is 0.439. The molecule has 0 heterocycles. The van der Waals surface area contributed by atoms with Crippen LogP contribution in [0.5, 0.6) is 0 Å². The van der Waals surface area contributed by atoms with Crippen molar-refractivity contribution in [2.24, 2.45) is 17.1 Å². The van der Waals surface area contributed by atoms with Gasteiger partial charge in [0.05, 0.1) is 0 Å². The predicted molar refractivity (Wildman–Crippen MR) is 83.4 cm³/mol. The molecule has 1 nitrogen and oxygen atoms in total. The van der Waals surface area contributed by atoms with Crippen molar-refractivity contribution in [1.82, 2.24) is 0 Å². The molecule has 1 aliphatic carbocycles. The molecule has 0 radical (unpaired) electrons. The average molecular weight is 298 g/mol. The minimum atomic E-state index is -0.267. The van der Waals surface area contributed by atoms with E-state index in [-0.39, 0.29) is 11.4 Å². The molecule has 1 aromatic rings. The van der Waals surface area contributed by atoms with Gasteiger partial charge in [-0.25, -0.2) is 4.39 Å². The van der Waals surface area contributed by atoms with Crippen LogP contribution in [0.15, 0.2) is 18.2 Å². The molecule has 0 bridgehead atoms. The first kappa shape index (κ1) is 15.8. The SMILES string of the molecule is CC(C)(C)C1CCC(N)(Cc2ccc(Cl)cc2F)CC1. The van der Waals surface area contributed by atoms with Crippen molar-refractivity contribution in [3.05, 3.63) is 34.6 Å². The summed E-state index contributed by atoms with van der Waals surface area (Å²) in [6.45, 7) is 6.88. The van der Waals surface area contributed by atoms with Crippen molar-refractivity contribution in [1.29, 1.82) is 0 Å². The molecule has 1 saturated carbocycles. The van der Waals surface area contributed by atoms with Gasteiger partial charge in [0.25, 0.3) is 0 Å². The lowest BCUT2D eigenvalue weighted by Gasteiger charge is -2.42. The van der Waals surface area contributed by atoms with Crippen molar-refractivity contribution in [3.8, 4) is 0 Å². The number of halogens is 2. The molecule has 20 heavy (non-hydrogen) atoms. The van der Waals surface area contributed by atoms with Crippen molar-refractivity contribution in [2.75, 3.05) is 0 Å². The summed E-state index contributed by atoms with van der Waals surface area (Å²) in [6.07, 6.45) is 4.81.